The van der Waals surface area contributed by atoms with E-state index in [-0.39, 0.29) is 12.5 Å². The summed E-state index contributed by atoms with van der Waals surface area (Å²) in [5, 5.41) is 3.61. The van der Waals surface area contributed by atoms with Crippen molar-refractivity contribution in [2.75, 3.05) is 19.0 Å². The lowest BCUT2D eigenvalue weighted by Crippen LogP contribution is -2.18. The highest BCUT2D eigenvalue weighted by atomic mass is 16.5. The molecule has 6 heteroatoms. The normalized spacial score (nSPS) is 10.5. The SMILES string of the molecule is CCOc1ccccc1NC(=O)Cn1cc(C(=O)OC)c2ccccc21. The van der Waals surface area contributed by atoms with Gasteiger partial charge in [0.25, 0.3) is 0 Å². The maximum absolute atomic E-state index is 12.5. The Labute approximate surface area is 151 Å². The van der Waals surface area contributed by atoms with E-state index in [9.17, 15) is 9.59 Å². The number of carbonyl (C=O) groups is 2. The third kappa shape index (κ3) is 3.54. The van der Waals surface area contributed by atoms with Gasteiger partial charge in [-0.2, -0.15) is 0 Å². The topological polar surface area (TPSA) is 69.6 Å². The van der Waals surface area contributed by atoms with Crippen LogP contribution in [-0.2, 0) is 16.1 Å². The van der Waals surface area contributed by atoms with Gasteiger partial charge in [0.2, 0.25) is 5.91 Å². The Morgan fingerprint density at radius 3 is 2.58 bits per heavy atom. The first kappa shape index (κ1) is 17.5. The Balaban J connectivity index is 1.85. The molecule has 0 spiro atoms. The zero-order chi connectivity index (χ0) is 18.5. The molecule has 0 saturated heterocycles. The molecule has 1 N–H and O–H groups in total. The van der Waals surface area contributed by atoms with E-state index in [2.05, 4.69) is 5.32 Å². The van der Waals surface area contributed by atoms with Gasteiger partial charge in [0.05, 0.1) is 25.0 Å². The van der Waals surface area contributed by atoms with Crippen LogP contribution in [0.5, 0.6) is 5.75 Å². The molecule has 0 fully saturated rings. The van der Waals surface area contributed by atoms with Crippen LogP contribution in [0.25, 0.3) is 10.9 Å². The summed E-state index contributed by atoms with van der Waals surface area (Å²) in [7, 11) is 1.34. The molecule has 1 amide bonds. The molecular weight excluding hydrogens is 332 g/mol. The van der Waals surface area contributed by atoms with Crippen molar-refractivity contribution in [3.05, 3.63) is 60.3 Å². The Bertz CT molecular complexity index is 946. The van der Waals surface area contributed by atoms with Crippen molar-refractivity contribution in [2.45, 2.75) is 13.5 Å². The smallest absolute Gasteiger partial charge is 0.340 e. The molecule has 26 heavy (non-hydrogen) atoms. The van der Waals surface area contributed by atoms with Crippen LogP contribution in [-0.4, -0.2) is 30.2 Å². The van der Waals surface area contributed by atoms with Gasteiger partial charge < -0.3 is 19.4 Å². The van der Waals surface area contributed by atoms with Gasteiger partial charge >= 0.3 is 5.97 Å². The standard InChI is InChI=1S/C20H20N2O4/c1-3-26-18-11-7-5-9-16(18)21-19(23)13-22-12-15(20(24)25-2)14-8-4-6-10-17(14)22/h4-12H,3,13H2,1-2H3,(H,21,23). The molecule has 0 radical (unpaired) electrons. The lowest BCUT2D eigenvalue weighted by atomic mass is 10.2. The molecule has 134 valence electrons. The fraction of sp³-hybridized carbons (Fsp3) is 0.200. The summed E-state index contributed by atoms with van der Waals surface area (Å²) in [6.07, 6.45) is 1.64. The maximum Gasteiger partial charge on any atom is 0.340 e. The van der Waals surface area contributed by atoms with Crippen LogP contribution in [0.1, 0.15) is 17.3 Å². The number of esters is 1. The van der Waals surface area contributed by atoms with Crippen molar-refractivity contribution in [1.29, 1.82) is 0 Å². The van der Waals surface area contributed by atoms with Crippen molar-refractivity contribution in [2.24, 2.45) is 0 Å². The summed E-state index contributed by atoms with van der Waals surface area (Å²) >= 11 is 0. The number of benzene rings is 2. The first-order chi connectivity index (χ1) is 12.6. The third-order valence-electron chi connectivity index (χ3n) is 3.97. The van der Waals surface area contributed by atoms with E-state index in [1.165, 1.54) is 7.11 Å². The van der Waals surface area contributed by atoms with Crippen molar-refractivity contribution < 1.29 is 19.1 Å². The number of hydrogen-bond acceptors (Lipinski definition) is 4. The van der Waals surface area contributed by atoms with Gasteiger partial charge in [0.1, 0.15) is 12.3 Å². The first-order valence-electron chi connectivity index (χ1n) is 8.32. The molecule has 1 heterocycles. The van der Waals surface area contributed by atoms with Gasteiger partial charge in [-0.25, -0.2) is 4.79 Å². The predicted molar refractivity (Wildman–Crippen MR) is 99.5 cm³/mol. The average molecular weight is 352 g/mol. The van der Waals surface area contributed by atoms with Crippen LogP contribution in [0.3, 0.4) is 0 Å². The van der Waals surface area contributed by atoms with E-state index in [1.807, 2.05) is 43.3 Å². The number of para-hydroxylation sites is 3. The number of nitrogens with one attached hydrogen (secondary N) is 1. The molecular formula is C20H20N2O4. The van der Waals surface area contributed by atoms with Crippen LogP contribution in [0.4, 0.5) is 5.69 Å². The predicted octanol–water partition coefficient (Wildman–Crippen LogP) is 3.47. The Morgan fingerprint density at radius 2 is 1.81 bits per heavy atom. The lowest BCUT2D eigenvalue weighted by Gasteiger charge is -2.12. The van der Waals surface area contributed by atoms with Crippen LogP contribution in [0.2, 0.25) is 0 Å². The minimum Gasteiger partial charge on any atom is -0.492 e. The van der Waals surface area contributed by atoms with Gasteiger partial charge in [0, 0.05) is 17.1 Å². The molecule has 0 aliphatic carbocycles. The summed E-state index contributed by atoms with van der Waals surface area (Å²) in [5.41, 5.74) is 1.84. The zero-order valence-electron chi connectivity index (χ0n) is 14.7. The van der Waals surface area contributed by atoms with Crippen LogP contribution >= 0.6 is 0 Å². The van der Waals surface area contributed by atoms with E-state index in [0.29, 0.717) is 23.6 Å². The number of carbonyl (C=O) groups excluding carboxylic acids is 2. The largest absolute Gasteiger partial charge is 0.492 e. The molecule has 0 aliphatic heterocycles. The second-order valence-electron chi connectivity index (χ2n) is 5.66. The summed E-state index contributed by atoms with van der Waals surface area (Å²) in [6.45, 7) is 2.47. The number of hydrogen-bond donors (Lipinski definition) is 1. The molecule has 6 nitrogen and oxygen atoms in total. The van der Waals surface area contributed by atoms with E-state index in [4.69, 9.17) is 9.47 Å². The van der Waals surface area contributed by atoms with E-state index in [0.717, 1.165) is 10.9 Å². The van der Waals surface area contributed by atoms with Gasteiger partial charge in [-0.05, 0) is 25.1 Å². The maximum atomic E-state index is 12.5. The monoisotopic (exact) mass is 352 g/mol. The molecule has 0 unspecified atom stereocenters. The fourth-order valence-electron chi connectivity index (χ4n) is 2.85. The van der Waals surface area contributed by atoms with Crippen molar-refractivity contribution in [3.8, 4) is 5.75 Å². The third-order valence-corrected chi connectivity index (χ3v) is 3.97. The summed E-state index contributed by atoms with van der Waals surface area (Å²) in [6, 6.07) is 14.7. The molecule has 0 bridgehead atoms. The highest BCUT2D eigenvalue weighted by Gasteiger charge is 2.17. The minimum absolute atomic E-state index is 0.0674. The quantitative estimate of drug-likeness (QED) is 0.690. The van der Waals surface area contributed by atoms with Gasteiger partial charge in [-0.15, -0.1) is 0 Å². The number of anilines is 1. The minimum atomic E-state index is -0.429. The number of aromatic nitrogens is 1. The van der Waals surface area contributed by atoms with E-state index < -0.39 is 5.97 Å². The van der Waals surface area contributed by atoms with Crippen molar-refractivity contribution >= 4 is 28.5 Å². The summed E-state index contributed by atoms with van der Waals surface area (Å²) in [4.78, 5) is 24.5. The zero-order valence-corrected chi connectivity index (χ0v) is 14.7. The highest BCUT2D eigenvalue weighted by molar-refractivity contribution is 6.05. The number of methoxy groups -OCH3 is 1. The average Bonchev–Trinajstić information content (AvgIpc) is 3.01. The first-order valence-corrected chi connectivity index (χ1v) is 8.32. The van der Waals surface area contributed by atoms with E-state index >= 15 is 0 Å². The van der Waals surface area contributed by atoms with Gasteiger partial charge in [0.15, 0.2) is 0 Å². The van der Waals surface area contributed by atoms with Gasteiger partial charge in [-0.3, -0.25) is 4.79 Å². The van der Waals surface area contributed by atoms with Crippen molar-refractivity contribution in [3.63, 3.8) is 0 Å². The highest BCUT2D eigenvalue weighted by Crippen LogP contribution is 2.25. The molecule has 2 aromatic carbocycles. The number of rotatable bonds is 6. The van der Waals surface area contributed by atoms with Crippen molar-refractivity contribution in [1.82, 2.24) is 4.57 Å². The number of nitrogens with zero attached hydrogens (tertiary/aromatic N) is 1. The number of fused-ring (bicyclic) bond motifs is 1. The van der Waals surface area contributed by atoms with Crippen LogP contribution in [0.15, 0.2) is 54.7 Å². The molecule has 1 aromatic heterocycles. The van der Waals surface area contributed by atoms with Gasteiger partial charge in [-0.1, -0.05) is 30.3 Å². The Hall–Kier alpha value is -3.28. The van der Waals surface area contributed by atoms with E-state index in [1.54, 1.807) is 22.9 Å². The number of ether oxygens (including phenoxy) is 2. The Kier molecular flexibility index (Phi) is 5.22. The number of amides is 1. The molecule has 0 saturated carbocycles. The summed E-state index contributed by atoms with van der Waals surface area (Å²) in [5.74, 6) is -0.0210. The molecule has 0 aliphatic rings. The molecule has 3 rings (SSSR count). The second kappa shape index (κ2) is 7.74. The van der Waals surface area contributed by atoms with Crippen LogP contribution < -0.4 is 10.1 Å². The summed E-state index contributed by atoms with van der Waals surface area (Å²) < 4.78 is 12.1. The van der Waals surface area contributed by atoms with Crippen LogP contribution in [0, 0.1) is 0 Å². The molecule has 3 aromatic rings. The lowest BCUT2D eigenvalue weighted by molar-refractivity contribution is -0.116. The molecule has 0 atom stereocenters. The Morgan fingerprint density at radius 1 is 1.08 bits per heavy atom. The fourth-order valence-corrected chi connectivity index (χ4v) is 2.85. The second-order valence-corrected chi connectivity index (χ2v) is 5.66.